The molecule has 1 aliphatic heterocycles. The van der Waals surface area contributed by atoms with E-state index in [1.54, 1.807) is 6.26 Å². The lowest BCUT2D eigenvalue weighted by molar-refractivity contribution is 0.0553. The van der Waals surface area contributed by atoms with Crippen LogP contribution in [-0.2, 0) is 10.3 Å². The van der Waals surface area contributed by atoms with Gasteiger partial charge in [0.05, 0.1) is 16.7 Å². The van der Waals surface area contributed by atoms with E-state index in [0.29, 0.717) is 0 Å². The molecule has 0 atom stereocenters. The van der Waals surface area contributed by atoms with Crippen molar-refractivity contribution in [2.75, 3.05) is 7.05 Å². The van der Waals surface area contributed by atoms with Crippen molar-refractivity contribution in [3.63, 3.8) is 0 Å². The molecule has 0 fully saturated rings. The Labute approximate surface area is 147 Å². The van der Waals surface area contributed by atoms with Crippen LogP contribution in [0.25, 0.3) is 22.4 Å². The number of benzene rings is 2. The van der Waals surface area contributed by atoms with Crippen molar-refractivity contribution in [2.24, 2.45) is 0 Å². The molecule has 1 N–H and O–H groups in total. The summed E-state index contributed by atoms with van der Waals surface area (Å²) in [5.41, 5.74) is 9.46. The summed E-state index contributed by atoms with van der Waals surface area (Å²) in [6.07, 6.45) is 3.60. The molecule has 128 valence electrons. The predicted molar refractivity (Wildman–Crippen MR) is 99.7 cm³/mol. The molecule has 0 aliphatic carbocycles. The number of fused-ring (bicyclic) bond motifs is 1. The van der Waals surface area contributed by atoms with Crippen LogP contribution in [0.1, 0.15) is 31.9 Å². The van der Waals surface area contributed by atoms with Gasteiger partial charge in [-0.3, -0.25) is 9.58 Å². The molecule has 0 saturated carbocycles. The van der Waals surface area contributed by atoms with Crippen LogP contribution in [0.15, 0.2) is 55.1 Å². The lowest BCUT2D eigenvalue weighted by atomic mass is 9.87. The number of hydrogen-bond acceptors (Lipinski definition) is 4. The largest absolute Gasteiger partial charge is 0.395 e. The third kappa shape index (κ3) is 2.76. The molecule has 0 radical (unpaired) electrons. The molecule has 5 nitrogen and oxygen atoms in total. The van der Waals surface area contributed by atoms with Crippen molar-refractivity contribution in [1.29, 1.82) is 0 Å². The van der Waals surface area contributed by atoms with Crippen LogP contribution in [0.4, 0.5) is 0 Å². The van der Waals surface area contributed by atoms with E-state index >= 15 is 0 Å². The molecular formula is C20H22N4O. The highest BCUT2D eigenvalue weighted by molar-refractivity contribution is 5.79. The van der Waals surface area contributed by atoms with E-state index in [1.165, 1.54) is 5.56 Å². The van der Waals surface area contributed by atoms with Gasteiger partial charge >= 0.3 is 0 Å². The van der Waals surface area contributed by atoms with Crippen LogP contribution in [0.5, 0.6) is 0 Å². The predicted octanol–water partition coefficient (Wildman–Crippen LogP) is 4.00. The lowest BCUT2D eigenvalue weighted by Gasteiger charge is -2.18. The SMILES string of the molecule is CN1NOC=C1c1cccc(-n2cnc3cc(C(C)(C)C)ccc32)c1. The molecule has 2 heterocycles. The number of hydrazine groups is 1. The first-order valence-corrected chi connectivity index (χ1v) is 8.37. The first-order chi connectivity index (χ1) is 11.9. The lowest BCUT2D eigenvalue weighted by Crippen LogP contribution is -2.25. The van der Waals surface area contributed by atoms with E-state index in [2.05, 4.69) is 72.3 Å². The number of rotatable bonds is 2. The third-order valence-corrected chi connectivity index (χ3v) is 4.55. The number of nitrogens with one attached hydrogen (secondary N) is 1. The summed E-state index contributed by atoms with van der Waals surface area (Å²) in [5, 5.41) is 1.85. The normalized spacial score (nSPS) is 14.7. The highest BCUT2D eigenvalue weighted by atomic mass is 16.7. The Morgan fingerprint density at radius 2 is 1.92 bits per heavy atom. The van der Waals surface area contributed by atoms with Crippen molar-refractivity contribution in [3.05, 3.63) is 66.2 Å². The average molecular weight is 334 g/mol. The smallest absolute Gasteiger partial charge is 0.139 e. The summed E-state index contributed by atoms with van der Waals surface area (Å²) in [6.45, 7) is 6.66. The Bertz CT molecular complexity index is 965. The number of hydrogen-bond donors (Lipinski definition) is 1. The van der Waals surface area contributed by atoms with Gasteiger partial charge in [-0.15, -0.1) is 0 Å². The molecule has 0 spiro atoms. The molecule has 0 amide bonds. The maximum atomic E-state index is 5.16. The molecule has 0 unspecified atom stereocenters. The van der Waals surface area contributed by atoms with Gasteiger partial charge in [-0.1, -0.05) is 44.6 Å². The van der Waals surface area contributed by atoms with Crippen LogP contribution >= 0.6 is 0 Å². The number of imidazole rings is 1. The van der Waals surface area contributed by atoms with Crippen LogP contribution in [0.3, 0.4) is 0 Å². The van der Waals surface area contributed by atoms with Crippen molar-refractivity contribution < 1.29 is 4.84 Å². The van der Waals surface area contributed by atoms with Gasteiger partial charge in [0, 0.05) is 18.3 Å². The third-order valence-electron chi connectivity index (χ3n) is 4.55. The molecule has 0 bridgehead atoms. The zero-order valence-corrected chi connectivity index (χ0v) is 14.9. The van der Waals surface area contributed by atoms with Crippen molar-refractivity contribution >= 4 is 16.7 Å². The summed E-state index contributed by atoms with van der Waals surface area (Å²) in [6, 6.07) is 14.9. The maximum Gasteiger partial charge on any atom is 0.139 e. The van der Waals surface area contributed by atoms with Gasteiger partial charge in [0.2, 0.25) is 0 Å². The van der Waals surface area contributed by atoms with Crippen molar-refractivity contribution in [3.8, 4) is 5.69 Å². The Kier molecular flexibility index (Phi) is 3.54. The Morgan fingerprint density at radius 1 is 1.08 bits per heavy atom. The van der Waals surface area contributed by atoms with Gasteiger partial charge < -0.3 is 4.84 Å². The molecule has 1 aromatic heterocycles. The fourth-order valence-electron chi connectivity index (χ4n) is 3.05. The molecule has 25 heavy (non-hydrogen) atoms. The van der Waals surface area contributed by atoms with E-state index in [1.807, 2.05) is 24.5 Å². The molecule has 0 saturated heterocycles. The van der Waals surface area contributed by atoms with E-state index in [4.69, 9.17) is 4.84 Å². The van der Waals surface area contributed by atoms with Gasteiger partial charge in [0.1, 0.15) is 12.6 Å². The fraction of sp³-hybridized carbons (Fsp3) is 0.250. The van der Waals surface area contributed by atoms with E-state index in [-0.39, 0.29) is 5.41 Å². The zero-order valence-electron chi connectivity index (χ0n) is 14.9. The molecule has 2 aromatic carbocycles. The first-order valence-electron chi connectivity index (χ1n) is 8.37. The van der Waals surface area contributed by atoms with Crippen LogP contribution in [0, 0.1) is 0 Å². The summed E-state index contributed by atoms with van der Waals surface area (Å²) in [4.78, 5) is 9.78. The highest BCUT2D eigenvalue weighted by Gasteiger charge is 2.17. The summed E-state index contributed by atoms with van der Waals surface area (Å²) < 4.78 is 2.12. The first kappa shape index (κ1) is 15.7. The fourth-order valence-corrected chi connectivity index (χ4v) is 3.05. The summed E-state index contributed by atoms with van der Waals surface area (Å²) in [5.74, 6) is 0. The minimum absolute atomic E-state index is 0.115. The van der Waals surface area contributed by atoms with E-state index in [0.717, 1.165) is 28.0 Å². The van der Waals surface area contributed by atoms with Crippen molar-refractivity contribution in [2.45, 2.75) is 26.2 Å². The zero-order chi connectivity index (χ0) is 17.6. The van der Waals surface area contributed by atoms with Crippen LogP contribution < -0.4 is 5.59 Å². The second kappa shape index (κ2) is 5.63. The van der Waals surface area contributed by atoms with Gasteiger partial charge in [-0.25, -0.2) is 4.98 Å². The minimum Gasteiger partial charge on any atom is -0.395 e. The van der Waals surface area contributed by atoms with Gasteiger partial charge in [-0.2, -0.15) is 0 Å². The minimum atomic E-state index is 0.115. The van der Waals surface area contributed by atoms with Crippen LogP contribution in [0.2, 0.25) is 0 Å². The van der Waals surface area contributed by atoms with Gasteiger partial charge in [0.25, 0.3) is 0 Å². The molecule has 5 heteroatoms. The monoisotopic (exact) mass is 334 g/mol. The van der Waals surface area contributed by atoms with Gasteiger partial charge in [0.15, 0.2) is 0 Å². The Hall–Kier alpha value is -2.79. The Morgan fingerprint density at radius 3 is 2.64 bits per heavy atom. The summed E-state index contributed by atoms with van der Waals surface area (Å²) >= 11 is 0. The highest BCUT2D eigenvalue weighted by Crippen LogP contribution is 2.28. The second-order valence-corrected chi connectivity index (χ2v) is 7.39. The van der Waals surface area contributed by atoms with E-state index in [9.17, 15) is 0 Å². The van der Waals surface area contributed by atoms with Crippen molar-refractivity contribution in [1.82, 2.24) is 20.1 Å². The number of nitrogens with zero attached hydrogens (tertiary/aromatic N) is 3. The molecular weight excluding hydrogens is 312 g/mol. The summed E-state index contributed by atoms with van der Waals surface area (Å²) in [7, 11) is 1.92. The van der Waals surface area contributed by atoms with Gasteiger partial charge in [-0.05, 0) is 35.2 Å². The van der Waals surface area contributed by atoms with E-state index < -0.39 is 0 Å². The standard InChI is InChI=1S/C20H22N4O/c1-20(2,3)15-8-9-18-17(11-15)21-13-24(18)16-7-5-6-14(10-16)19-12-25-22-23(19)4/h5-13,22H,1-4H3. The number of aromatic nitrogens is 2. The maximum absolute atomic E-state index is 5.16. The average Bonchev–Trinajstić information content (AvgIpc) is 3.19. The Balaban J connectivity index is 1.78. The molecule has 4 rings (SSSR count). The van der Waals surface area contributed by atoms with Crippen LogP contribution in [-0.4, -0.2) is 21.6 Å². The quantitative estimate of drug-likeness (QED) is 0.769. The topological polar surface area (TPSA) is 42.3 Å². The second-order valence-electron chi connectivity index (χ2n) is 7.39. The molecule has 1 aliphatic rings. The molecule has 3 aromatic rings.